The van der Waals surface area contributed by atoms with Crippen LogP contribution in [-0.4, -0.2) is 44.2 Å². The van der Waals surface area contributed by atoms with Gasteiger partial charge in [0.05, 0.1) is 11.4 Å². The predicted octanol–water partition coefficient (Wildman–Crippen LogP) is 0.981. The summed E-state index contributed by atoms with van der Waals surface area (Å²) in [5.74, 6) is 0.623. The van der Waals surface area contributed by atoms with Gasteiger partial charge in [-0.05, 0) is 30.9 Å². The van der Waals surface area contributed by atoms with E-state index in [1.807, 2.05) is 13.2 Å². The van der Waals surface area contributed by atoms with E-state index in [0.29, 0.717) is 12.2 Å². The van der Waals surface area contributed by atoms with Gasteiger partial charge in [-0.2, -0.15) is 0 Å². The van der Waals surface area contributed by atoms with Crippen molar-refractivity contribution in [2.75, 3.05) is 26.8 Å². The van der Waals surface area contributed by atoms with Crippen molar-refractivity contribution in [3.8, 4) is 0 Å². The smallest absolute Gasteiger partial charge is 0.165 e. The molecule has 0 radical (unpaired) electrons. The maximum absolute atomic E-state index is 10.4. The van der Waals surface area contributed by atoms with Gasteiger partial charge in [0.1, 0.15) is 0 Å². The minimum atomic E-state index is 0.165. The average molecular weight is 292 g/mol. The van der Waals surface area contributed by atoms with Gasteiger partial charge < -0.3 is 26.1 Å². The fourth-order valence-corrected chi connectivity index (χ4v) is 1.93. The van der Waals surface area contributed by atoms with Crippen molar-refractivity contribution in [3.05, 3.63) is 35.9 Å². The molecule has 0 bridgehead atoms. The molecule has 1 aliphatic heterocycles. The SMILES string of the molecule is CN(/C=C\C=C(\N)C=O)/C(C=N)=C/NCC1CCOCC1. The zero-order valence-corrected chi connectivity index (χ0v) is 12.4. The lowest BCUT2D eigenvalue weighted by atomic mass is 10.0. The van der Waals surface area contributed by atoms with E-state index in [9.17, 15) is 4.79 Å². The Balaban J connectivity index is 2.45. The van der Waals surface area contributed by atoms with Gasteiger partial charge in [-0.3, -0.25) is 4.79 Å². The number of nitrogens with zero attached hydrogens (tertiary/aromatic N) is 1. The van der Waals surface area contributed by atoms with E-state index in [2.05, 4.69) is 5.32 Å². The Labute approximate surface area is 125 Å². The summed E-state index contributed by atoms with van der Waals surface area (Å²) in [5.41, 5.74) is 6.26. The first-order valence-electron chi connectivity index (χ1n) is 7.01. The van der Waals surface area contributed by atoms with Crippen LogP contribution < -0.4 is 11.1 Å². The van der Waals surface area contributed by atoms with Gasteiger partial charge in [0.25, 0.3) is 0 Å². The number of aldehydes is 1. The molecule has 0 spiro atoms. The molecule has 6 heteroatoms. The maximum atomic E-state index is 10.4. The van der Waals surface area contributed by atoms with Gasteiger partial charge in [-0.25, -0.2) is 0 Å². The highest BCUT2D eigenvalue weighted by atomic mass is 16.5. The number of hydrogen-bond acceptors (Lipinski definition) is 6. The van der Waals surface area contributed by atoms with E-state index in [-0.39, 0.29) is 5.70 Å². The molecule has 0 saturated carbocycles. The molecule has 21 heavy (non-hydrogen) atoms. The van der Waals surface area contributed by atoms with Crippen molar-refractivity contribution in [1.29, 1.82) is 5.41 Å². The molecule has 1 aliphatic rings. The van der Waals surface area contributed by atoms with Gasteiger partial charge in [0.15, 0.2) is 6.29 Å². The van der Waals surface area contributed by atoms with Crippen LogP contribution in [0.25, 0.3) is 0 Å². The van der Waals surface area contributed by atoms with Crippen molar-refractivity contribution >= 4 is 12.5 Å². The number of hydrogen-bond donors (Lipinski definition) is 3. The molecular formula is C15H24N4O2. The second-order valence-electron chi connectivity index (χ2n) is 4.91. The predicted molar refractivity (Wildman–Crippen MR) is 83.6 cm³/mol. The van der Waals surface area contributed by atoms with Crippen LogP contribution >= 0.6 is 0 Å². The Morgan fingerprint density at radius 2 is 2.19 bits per heavy atom. The summed E-state index contributed by atoms with van der Waals surface area (Å²) in [6.45, 7) is 2.55. The van der Waals surface area contributed by atoms with Gasteiger partial charge in [-0.1, -0.05) is 0 Å². The monoisotopic (exact) mass is 292 g/mol. The summed E-state index contributed by atoms with van der Waals surface area (Å²) >= 11 is 0. The summed E-state index contributed by atoms with van der Waals surface area (Å²) in [6, 6.07) is 0. The van der Waals surface area contributed by atoms with Crippen LogP contribution in [0.5, 0.6) is 0 Å². The van der Waals surface area contributed by atoms with E-state index in [4.69, 9.17) is 15.9 Å². The quantitative estimate of drug-likeness (QED) is 0.268. The fourth-order valence-electron chi connectivity index (χ4n) is 1.93. The average Bonchev–Trinajstić information content (AvgIpc) is 2.52. The number of carbonyl (C=O) groups is 1. The summed E-state index contributed by atoms with van der Waals surface area (Å²) in [7, 11) is 1.83. The molecule has 0 unspecified atom stereocenters. The lowest BCUT2D eigenvalue weighted by Gasteiger charge is -2.22. The van der Waals surface area contributed by atoms with Crippen LogP contribution in [-0.2, 0) is 9.53 Å². The van der Waals surface area contributed by atoms with Crippen LogP contribution in [0, 0.1) is 11.3 Å². The number of allylic oxidation sites excluding steroid dienone is 4. The third-order valence-electron chi connectivity index (χ3n) is 3.29. The molecule has 0 atom stereocenters. The van der Waals surface area contributed by atoms with Crippen molar-refractivity contribution in [2.45, 2.75) is 12.8 Å². The summed E-state index contributed by atoms with van der Waals surface area (Å²) in [5, 5.41) is 10.7. The largest absolute Gasteiger partial charge is 0.396 e. The Morgan fingerprint density at radius 1 is 1.48 bits per heavy atom. The van der Waals surface area contributed by atoms with Crippen molar-refractivity contribution in [1.82, 2.24) is 10.2 Å². The second kappa shape index (κ2) is 9.77. The van der Waals surface area contributed by atoms with Crippen molar-refractivity contribution in [2.24, 2.45) is 11.7 Å². The molecule has 1 saturated heterocycles. The van der Waals surface area contributed by atoms with Crippen LogP contribution in [0.3, 0.4) is 0 Å². The molecular weight excluding hydrogens is 268 g/mol. The highest BCUT2D eigenvalue weighted by Crippen LogP contribution is 2.13. The summed E-state index contributed by atoms with van der Waals surface area (Å²) in [6.07, 6.45) is 10.8. The number of nitrogens with one attached hydrogen (secondary N) is 2. The van der Waals surface area contributed by atoms with Gasteiger partial charge >= 0.3 is 0 Å². The van der Waals surface area contributed by atoms with Crippen molar-refractivity contribution < 1.29 is 9.53 Å². The number of ether oxygens (including phenoxy) is 1. The fraction of sp³-hybridized carbons (Fsp3) is 0.467. The highest BCUT2D eigenvalue weighted by molar-refractivity contribution is 5.75. The lowest BCUT2D eigenvalue weighted by Crippen LogP contribution is -2.26. The van der Waals surface area contributed by atoms with E-state index in [1.165, 1.54) is 12.3 Å². The Bertz CT molecular complexity index is 423. The van der Waals surface area contributed by atoms with Crippen LogP contribution in [0.15, 0.2) is 35.9 Å². The molecule has 0 amide bonds. The van der Waals surface area contributed by atoms with E-state index in [1.54, 1.807) is 17.2 Å². The standard InChI is InChI=1S/C15H24N4O2/c1-19(6-2-3-14(17)12-20)15(9-16)11-18-10-13-4-7-21-8-5-13/h2-3,6,9,11-13,16,18H,4-5,7-8,10,17H2,1H3/b6-2-,14-3+,15-11+,16-9?. The number of nitrogens with two attached hydrogens (primary N) is 1. The zero-order valence-electron chi connectivity index (χ0n) is 12.4. The first kappa shape index (κ1) is 17.0. The first-order valence-corrected chi connectivity index (χ1v) is 7.01. The third kappa shape index (κ3) is 6.76. The topological polar surface area (TPSA) is 91.4 Å². The molecule has 1 rings (SSSR count). The first-order chi connectivity index (χ1) is 10.2. The molecule has 0 aromatic heterocycles. The zero-order chi connectivity index (χ0) is 15.5. The summed E-state index contributed by atoms with van der Waals surface area (Å²) < 4.78 is 5.32. The van der Waals surface area contributed by atoms with Crippen molar-refractivity contribution in [3.63, 3.8) is 0 Å². The van der Waals surface area contributed by atoms with E-state index < -0.39 is 0 Å². The van der Waals surface area contributed by atoms with Crippen LogP contribution in [0.2, 0.25) is 0 Å². The minimum Gasteiger partial charge on any atom is -0.396 e. The van der Waals surface area contributed by atoms with Gasteiger partial charge in [0, 0.05) is 45.4 Å². The molecule has 1 heterocycles. The summed E-state index contributed by atoms with van der Waals surface area (Å²) in [4.78, 5) is 12.1. The minimum absolute atomic E-state index is 0.165. The molecule has 0 aliphatic carbocycles. The normalized spacial score (nSPS) is 17.8. The number of carbonyl (C=O) groups excluding carboxylic acids is 1. The number of rotatable bonds is 8. The molecule has 0 aromatic rings. The lowest BCUT2D eigenvalue weighted by molar-refractivity contribution is -0.104. The maximum Gasteiger partial charge on any atom is 0.165 e. The van der Waals surface area contributed by atoms with E-state index in [0.717, 1.165) is 38.3 Å². The Morgan fingerprint density at radius 3 is 2.81 bits per heavy atom. The molecule has 1 fully saturated rings. The van der Waals surface area contributed by atoms with Gasteiger partial charge in [-0.15, -0.1) is 0 Å². The Kier molecular flexibility index (Phi) is 7.89. The highest BCUT2D eigenvalue weighted by Gasteiger charge is 2.12. The Hall–Kier alpha value is -2.08. The van der Waals surface area contributed by atoms with E-state index >= 15 is 0 Å². The molecule has 116 valence electrons. The molecule has 6 nitrogen and oxygen atoms in total. The van der Waals surface area contributed by atoms with Crippen LogP contribution in [0.1, 0.15) is 12.8 Å². The second-order valence-corrected chi connectivity index (χ2v) is 4.91. The molecule has 0 aromatic carbocycles. The molecule has 4 N–H and O–H groups in total. The van der Waals surface area contributed by atoms with Crippen LogP contribution in [0.4, 0.5) is 0 Å². The van der Waals surface area contributed by atoms with Gasteiger partial charge in [0.2, 0.25) is 0 Å². The third-order valence-corrected chi connectivity index (χ3v) is 3.29.